The summed E-state index contributed by atoms with van der Waals surface area (Å²) in [5, 5.41) is 23.5. The predicted molar refractivity (Wildman–Crippen MR) is 87.4 cm³/mol. The molecule has 1 aliphatic rings. The molecular formula is C18H22N2O4. The zero-order valence-corrected chi connectivity index (χ0v) is 13.7. The summed E-state index contributed by atoms with van der Waals surface area (Å²) in [5.74, 6) is 0.945. The summed E-state index contributed by atoms with van der Waals surface area (Å²) in [5.41, 5.74) is 1.74. The topological polar surface area (TPSA) is 86.8 Å². The molecule has 3 rings (SSSR count). The molecule has 2 atom stereocenters. The fourth-order valence-electron chi connectivity index (χ4n) is 3.15. The van der Waals surface area contributed by atoms with Gasteiger partial charge < -0.3 is 19.6 Å². The second-order valence-corrected chi connectivity index (χ2v) is 6.43. The highest BCUT2D eigenvalue weighted by atomic mass is 16.5. The van der Waals surface area contributed by atoms with Crippen molar-refractivity contribution >= 4 is 5.91 Å². The molecule has 1 saturated heterocycles. The predicted octanol–water partition coefficient (Wildman–Crippen LogP) is 1.68. The number of hydrogen-bond acceptors (Lipinski definition) is 5. The highest BCUT2D eigenvalue weighted by Crippen LogP contribution is 2.23. The number of aliphatic hydroxyl groups is 1. The minimum absolute atomic E-state index is 0.0219. The number of carbonyl (C=O) groups excluding carboxylic acids is 1. The first kappa shape index (κ1) is 16.5. The van der Waals surface area contributed by atoms with E-state index in [4.69, 9.17) is 4.52 Å². The number of nitrogens with zero attached hydrogens (tertiary/aromatic N) is 2. The van der Waals surface area contributed by atoms with Crippen LogP contribution >= 0.6 is 0 Å². The Labute approximate surface area is 140 Å². The zero-order chi connectivity index (χ0) is 17.1. The lowest BCUT2D eigenvalue weighted by atomic mass is 10.0. The van der Waals surface area contributed by atoms with Gasteiger partial charge in [-0.3, -0.25) is 4.79 Å². The maximum atomic E-state index is 12.4. The third-order valence-electron chi connectivity index (χ3n) is 4.44. The second kappa shape index (κ2) is 7.05. The van der Waals surface area contributed by atoms with Crippen LogP contribution in [0.1, 0.15) is 23.4 Å². The lowest BCUT2D eigenvalue weighted by Crippen LogP contribution is -2.29. The van der Waals surface area contributed by atoms with E-state index in [1.54, 1.807) is 23.1 Å². The van der Waals surface area contributed by atoms with Crippen LogP contribution in [0.3, 0.4) is 0 Å². The molecule has 2 aromatic rings. The Morgan fingerprint density at radius 3 is 2.92 bits per heavy atom. The van der Waals surface area contributed by atoms with Crippen LogP contribution in [0.15, 0.2) is 34.9 Å². The fraction of sp³-hybridized carbons (Fsp3) is 0.444. The van der Waals surface area contributed by atoms with Crippen molar-refractivity contribution in [1.29, 1.82) is 0 Å². The Hall–Kier alpha value is -2.34. The van der Waals surface area contributed by atoms with Crippen molar-refractivity contribution < 1.29 is 19.5 Å². The van der Waals surface area contributed by atoms with Crippen LogP contribution in [-0.2, 0) is 17.6 Å². The highest BCUT2D eigenvalue weighted by molar-refractivity contribution is 5.76. The summed E-state index contributed by atoms with van der Waals surface area (Å²) in [6.45, 7) is 2.74. The van der Waals surface area contributed by atoms with Gasteiger partial charge in [0.05, 0.1) is 11.8 Å². The summed E-state index contributed by atoms with van der Waals surface area (Å²) < 4.78 is 5.20. The monoisotopic (exact) mass is 330 g/mol. The molecule has 128 valence electrons. The Morgan fingerprint density at radius 2 is 2.21 bits per heavy atom. The van der Waals surface area contributed by atoms with Gasteiger partial charge in [0.1, 0.15) is 11.5 Å². The molecule has 1 amide bonds. The largest absolute Gasteiger partial charge is 0.508 e. The van der Waals surface area contributed by atoms with E-state index in [1.165, 1.54) is 0 Å². The maximum absolute atomic E-state index is 12.4. The molecule has 0 radical (unpaired) electrons. The van der Waals surface area contributed by atoms with Crippen LogP contribution in [-0.4, -0.2) is 45.4 Å². The number of hydrogen-bond donors (Lipinski definition) is 2. The first-order valence-corrected chi connectivity index (χ1v) is 8.17. The fourth-order valence-corrected chi connectivity index (χ4v) is 3.15. The van der Waals surface area contributed by atoms with Crippen molar-refractivity contribution in [2.24, 2.45) is 5.92 Å². The first-order valence-electron chi connectivity index (χ1n) is 8.17. The number of β-amino-alcohol motifs (C(OH)–C–C–N with tert-alkyl or cyclic N) is 1. The van der Waals surface area contributed by atoms with E-state index in [0.29, 0.717) is 32.4 Å². The van der Waals surface area contributed by atoms with Crippen molar-refractivity contribution in [2.75, 3.05) is 13.1 Å². The molecule has 6 heteroatoms. The van der Waals surface area contributed by atoms with Gasteiger partial charge in [0.15, 0.2) is 0 Å². The third-order valence-corrected chi connectivity index (χ3v) is 4.44. The molecule has 1 aliphatic heterocycles. The number of aromatic nitrogens is 1. The summed E-state index contributed by atoms with van der Waals surface area (Å²) in [6.07, 6.45) is 0.981. The van der Waals surface area contributed by atoms with E-state index >= 15 is 0 Å². The van der Waals surface area contributed by atoms with Crippen molar-refractivity contribution in [2.45, 2.75) is 32.3 Å². The molecule has 0 unspecified atom stereocenters. The second-order valence-electron chi connectivity index (χ2n) is 6.43. The van der Waals surface area contributed by atoms with Crippen LogP contribution in [0.25, 0.3) is 0 Å². The Bertz CT molecular complexity index is 713. The number of phenols is 1. The van der Waals surface area contributed by atoms with E-state index in [2.05, 4.69) is 5.16 Å². The van der Waals surface area contributed by atoms with Gasteiger partial charge in [0.25, 0.3) is 0 Å². The lowest BCUT2D eigenvalue weighted by Gasteiger charge is -2.16. The van der Waals surface area contributed by atoms with Crippen molar-refractivity contribution in [1.82, 2.24) is 10.1 Å². The molecule has 6 nitrogen and oxygen atoms in total. The van der Waals surface area contributed by atoms with Gasteiger partial charge >= 0.3 is 0 Å². The SMILES string of the molecule is Cc1cc(C[C@@H]2CN(C(=O)CCc3cccc(O)c3)C[C@@H]2O)on1. The van der Waals surface area contributed by atoms with Crippen LogP contribution in [0, 0.1) is 12.8 Å². The van der Waals surface area contributed by atoms with Gasteiger partial charge in [-0.15, -0.1) is 0 Å². The Morgan fingerprint density at radius 1 is 1.38 bits per heavy atom. The number of likely N-dealkylation sites (tertiary alicyclic amines) is 1. The minimum Gasteiger partial charge on any atom is -0.508 e. The number of aromatic hydroxyl groups is 1. The van der Waals surface area contributed by atoms with E-state index in [-0.39, 0.29) is 17.6 Å². The Balaban J connectivity index is 1.52. The average Bonchev–Trinajstić information content (AvgIpc) is 3.12. The van der Waals surface area contributed by atoms with Crippen LogP contribution in [0.2, 0.25) is 0 Å². The number of aryl methyl sites for hydroxylation is 2. The van der Waals surface area contributed by atoms with Crippen LogP contribution in [0.4, 0.5) is 0 Å². The van der Waals surface area contributed by atoms with E-state index < -0.39 is 6.10 Å². The zero-order valence-electron chi connectivity index (χ0n) is 13.7. The van der Waals surface area contributed by atoms with Crippen LogP contribution < -0.4 is 0 Å². The van der Waals surface area contributed by atoms with Crippen LogP contribution in [0.5, 0.6) is 5.75 Å². The summed E-state index contributed by atoms with van der Waals surface area (Å²) in [7, 11) is 0. The van der Waals surface area contributed by atoms with Crippen molar-refractivity contribution in [3.05, 3.63) is 47.3 Å². The average molecular weight is 330 g/mol. The highest BCUT2D eigenvalue weighted by Gasteiger charge is 2.34. The number of phenolic OH excluding ortho intramolecular Hbond substituents is 1. The van der Waals surface area contributed by atoms with E-state index in [9.17, 15) is 15.0 Å². The number of rotatable bonds is 5. The quantitative estimate of drug-likeness (QED) is 0.871. The first-order chi connectivity index (χ1) is 11.5. The number of carbonyl (C=O) groups is 1. The molecule has 1 aromatic carbocycles. The number of benzene rings is 1. The molecule has 0 saturated carbocycles. The molecule has 2 N–H and O–H groups in total. The summed E-state index contributed by atoms with van der Waals surface area (Å²) in [4.78, 5) is 14.1. The normalized spacial score (nSPS) is 20.5. The molecule has 0 spiro atoms. The van der Waals surface area contributed by atoms with Crippen molar-refractivity contribution in [3.63, 3.8) is 0 Å². The smallest absolute Gasteiger partial charge is 0.223 e. The third kappa shape index (κ3) is 3.94. The number of aliphatic hydroxyl groups excluding tert-OH is 1. The summed E-state index contributed by atoms with van der Waals surface area (Å²) >= 11 is 0. The standard InChI is InChI=1S/C18H22N2O4/c1-12-7-16(24-19-12)9-14-10-20(11-17(14)22)18(23)6-5-13-3-2-4-15(21)8-13/h2-4,7-8,14,17,21-22H,5-6,9-11H2,1H3/t14-,17+/m1/s1. The molecule has 24 heavy (non-hydrogen) atoms. The van der Waals surface area contributed by atoms with Gasteiger partial charge in [-0.2, -0.15) is 0 Å². The van der Waals surface area contributed by atoms with Crippen molar-refractivity contribution in [3.8, 4) is 5.75 Å². The van der Waals surface area contributed by atoms with Gasteiger partial charge in [-0.05, 0) is 31.0 Å². The molecule has 0 bridgehead atoms. The molecule has 2 heterocycles. The van der Waals surface area contributed by atoms with E-state index in [1.807, 2.05) is 19.1 Å². The molecular weight excluding hydrogens is 308 g/mol. The lowest BCUT2D eigenvalue weighted by molar-refractivity contribution is -0.130. The molecule has 1 fully saturated rings. The van der Waals surface area contributed by atoms with Gasteiger partial charge in [-0.25, -0.2) is 0 Å². The molecule has 1 aromatic heterocycles. The summed E-state index contributed by atoms with van der Waals surface area (Å²) in [6, 6.07) is 8.79. The Kier molecular flexibility index (Phi) is 4.85. The van der Waals surface area contributed by atoms with Gasteiger partial charge in [0, 0.05) is 37.9 Å². The van der Waals surface area contributed by atoms with Gasteiger partial charge in [-0.1, -0.05) is 17.3 Å². The van der Waals surface area contributed by atoms with Gasteiger partial charge in [0.2, 0.25) is 5.91 Å². The number of amides is 1. The minimum atomic E-state index is -0.542. The molecule has 0 aliphatic carbocycles. The van der Waals surface area contributed by atoms with E-state index in [0.717, 1.165) is 17.0 Å². The maximum Gasteiger partial charge on any atom is 0.223 e.